The normalized spacial score (nSPS) is 35.6. The molecule has 0 radical (unpaired) electrons. The molecule has 0 aromatic rings. The summed E-state index contributed by atoms with van der Waals surface area (Å²) in [5.41, 5.74) is 0. The van der Waals surface area contributed by atoms with E-state index in [0.29, 0.717) is 12.0 Å². The largest absolute Gasteiger partial charge is 0.393 e. The van der Waals surface area contributed by atoms with Crippen LogP contribution in [0.2, 0.25) is 0 Å². The molecule has 0 spiro atoms. The number of nitrogens with zero attached hydrogens (tertiary/aromatic N) is 1. The van der Waals surface area contributed by atoms with Crippen LogP contribution in [0.1, 0.15) is 32.6 Å². The first-order valence-corrected chi connectivity index (χ1v) is 6.31. The molecule has 2 fully saturated rings. The minimum atomic E-state index is -0.0638. The molecule has 0 aromatic heterocycles. The fourth-order valence-corrected chi connectivity index (χ4v) is 2.83. The minimum Gasteiger partial charge on any atom is -0.393 e. The van der Waals surface area contributed by atoms with Crippen molar-refractivity contribution in [1.82, 2.24) is 4.90 Å². The number of aliphatic hydroxyl groups excluding tert-OH is 1. The second kappa shape index (κ2) is 5.28. The minimum absolute atomic E-state index is 0.0638. The topological polar surface area (TPSA) is 32.7 Å². The zero-order valence-corrected chi connectivity index (χ0v) is 9.69. The highest BCUT2D eigenvalue weighted by molar-refractivity contribution is 4.84. The molecule has 3 nitrogen and oxygen atoms in total. The number of hydrogen-bond donors (Lipinski definition) is 1. The lowest BCUT2D eigenvalue weighted by molar-refractivity contribution is -0.0228. The molecule has 2 unspecified atom stereocenters. The Hall–Kier alpha value is -0.120. The summed E-state index contributed by atoms with van der Waals surface area (Å²) in [6.45, 7) is 6.17. The highest BCUT2D eigenvalue weighted by Crippen LogP contribution is 2.24. The Balaban J connectivity index is 1.87. The van der Waals surface area contributed by atoms with Crippen molar-refractivity contribution in [2.75, 3.05) is 26.3 Å². The smallest absolute Gasteiger partial charge is 0.0592 e. The van der Waals surface area contributed by atoms with Gasteiger partial charge in [0.15, 0.2) is 0 Å². The summed E-state index contributed by atoms with van der Waals surface area (Å²) in [4.78, 5) is 2.57. The van der Waals surface area contributed by atoms with Crippen molar-refractivity contribution >= 4 is 0 Å². The molecule has 2 heterocycles. The van der Waals surface area contributed by atoms with Crippen LogP contribution in [0.4, 0.5) is 0 Å². The maximum absolute atomic E-state index is 9.83. The van der Waals surface area contributed by atoms with Gasteiger partial charge in [0.2, 0.25) is 0 Å². The van der Waals surface area contributed by atoms with Crippen LogP contribution in [0.25, 0.3) is 0 Å². The number of aliphatic hydroxyl groups is 1. The van der Waals surface area contributed by atoms with Crippen molar-refractivity contribution in [3.05, 3.63) is 0 Å². The molecule has 2 aliphatic rings. The predicted octanol–water partition coefficient (Wildman–Crippen LogP) is 1.26. The molecular formula is C12H23NO2. The molecule has 0 bridgehead atoms. The van der Waals surface area contributed by atoms with E-state index in [1.54, 1.807) is 0 Å². The Morgan fingerprint density at radius 3 is 2.67 bits per heavy atom. The van der Waals surface area contributed by atoms with Gasteiger partial charge in [0.25, 0.3) is 0 Å². The van der Waals surface area contributed by atoms with Gasteiger partial charge in [0.05, 0.1) is 6.10 Å². The average molecular weight is 213 g/mol. The summed E-state index contributed by atoms with van der Waals surface area (Å²) in [5, 5.41) is 9.83. The van der Waals surface area contributed by atoms with Crippen LogP contribution in [0.3, 0.4) is 0 Å². The third-order valence-corrected chi connectivity index (χ3v) is 3.96. The molecule has 2 aliphatic heterocycles. The van der Waals surface area contributed by atoms with Gasteiger partial charge in [0.1, 0.15) is 0 Å². The van der Waals surface area contributed by atoms with Gasteiger partial charge in [-0.2, -0.15) is 0 Å². The molecule has 0 amide bonds. The van der Waals surface area contributed by atoms with E-state index in [1.807, 2.05) is 0 Å². The molecule has 88 valence electrons. The molecule has 2 saturated heterocycles. The van der Waals surface area contributed by atoms with Crippen LogP contribution < -0.4 is 0 Å². The molecular weight excluding hydrogens is 190 g/mol. The number of rotatable bonds is 2. The summed E-state index contributed by atoms with van der Waals surface area (Å²) < 4.78 is 5.39. The Labute approximate surface area is 92.4 Å². The van der Waals surface area contributed by atoms with Crippen molar-refractivity contribution in [2.45, 2.75) is 44.8 Å². The van der Waals surface area contributed by atoms with Crippen molar-refractivity contribution in [3.8, 4) is 0 Å². The van der Waals surface area contributed by atoms with E-state index >= 15 is 0 Å². The third kappa shape index (κ3) is 2.71. The highest BCUT2D eigenvalue weighted by atomic mass is 16.5. The first-order chi connectivity index (χ1) is 7.31. The van der Waals surface area contributed by atoms with E-state index in [4.69, 9.17) is 4.74 Å². The first kappa shape index (κ1) is 11.4. The number of piperidine rings is 1. The molecule has 0 aliphatic carbocycles. The third-order valence-electron chi connectivity index (χ3n) is 3.96. The van der Waals surface area contributed by atoms with Gasteiger partial charge >= 0.3 is 0 Å². The maximum Gasteiger partial charge on any atom is 0.0592 e. The molecule has 0 saturated carbocycles. The van der Waals surface area contributed by atoms with E-state index in [0.717, 1.165) is 39.1 Å². The van der Waals surface area contributed by atoms with Gasteiger partial charge in [-0.25, -0.2) is 0 Å². The maximum atomic E-state index is 9.83. The highest BCUT2D eigenvalue weighted by Gasteiger charge is 2.30. The van der Waals surface area contributed by atoms with Crippen LogP contribution in [0.5, 0.6) is 0 Å². The van der Waals surface area contributed by atoms with Crippen molar-refractivity contribution in [3.63, 3.8) is 0 Å². The first-order valence-electron chi connectivity index (χ1n) is 6.31. The second-order valence-electron chi connectivity index (χ2n) is 4.86. The number of ether oxygens (including phenoxy) is 1. The second-order valence-corrected chi connectivity index (χ2v) is 4.86. The van der Waals surface area contributed by atoms with Crippen LogP contribution in [0, 0.1) is 5.92 Å². The Morgan fingerprint density at radius 1 is 1.27 bits per heavy atom. The fraction of sp³-hybridized carbons (Fsp3) is 1.00. The number of likely N-dealkylation sites (tertiary alicyclic amines) is 1. The van der Waals surface area contributed by atoms with Crippen LogP contribution in [0.15, 0.2) is 0 Å². The molecule has 2 rings (SSSR count). The molecule has 15 heavy (non-hydrogen) atoms. The SMILES string of the molecule is CCC1CN(C2CCOCC2)CCC1O. The summed E-state index contributed by atoms with van der Waals surface area (Å²) in [7, 11) is 0. The standard InChI is InChI=1S/C12H23NO2/c1-2-10-9-13(6-3-12(10)14)11-4-7-15-8-5-11/h10-12,14H,2-9H2,1H3. The zero-order valence-electron chi connectivity index (χ0n) is 9.69. The van der Waals surface area contributed by atoms with E-state index in [-0.39, 0.29) is 6.10 Å². The Kier molecular flexibility index (Phi) is 4.00. The van der Waals surface area contributed by atoms with Gasteiger partial charge in [-0.1, -0.05) is 6.92 Å². The average Bonchev–Trinajstić information content (AvgIpc) is 2.31. The summed E-state index contributed by atoms with van der Waals surface area (Å²) in [5.74, 6) is 0.488. The van der Waals surface area contributed by atoms with E-state index < -0.39 is 0 Å². The van der Waals surface area contributed by atoms with E-state index in [9.17, 15) is 5.11 Å². The Bertz CT molecular complexity index is 192. The molecule has 3 heteroatoms. The number of hydrogen-bond acceptors (Lipinski definition) is 3. The van der Waals surface area contributed by atoms with Crippen molar-refractivity contribution in [1.29, 1.82) is 0 Å². The van der Waals surface area contributed by atoms with Gasteiger partial charge < -0.3 is 9.84 Å². The lowest BCUT2D eigenvalue weighted by Gasteiger charge is -2.41. The van der Waals surface area contributed by atoms with Gasteiger partial charge in [-0.3, -0.25) is 4.90 Å². The van der Waals surface area contributed by atoms with Crippen molar-refractivity contribution < 1.29 is 9.84 Å². The summed E-state index contributed by atoms with van der Waals surface area (Å²) in [6, 6.07) is 0.709. The quantitative estimate of drug-likeness (QED) is 0.749. The molecule has 1 N–H and O–H groups in total. The fourth-order valence-electron chi connectivity index (χ4n) is 2.83. The van der Waals surface area contributed by atoms with E-state index in [2.05, 4.69) is 11.8 Å². The summed E-state index contributed by atoms with van der Waals surface area (Å²) in [6.07, 6.45) is 4.33. The van der Waals surface area contributed by atoms with Crippen LogP contribution >= 0.6 is 0 Å². The van der Waals surface area contributed by atoms with Gasteiger partial charge in [-0.05, 0) is 31.6 Å². The molecule has 2 atom stereocenters. The van der Waals surface area contributed by atoms with Crippen LogP contribution in [-0.2, 0) is 4.74 Å². The van der Waals surface area contributed by atoms with Crippen molar-refractivity contribution in [2.24, 2.45) is 5.92 Å². The Morgan fingerprint density at radius 2 is 2.00 bits per heavy atom. The molecule has 0 aromatic carbocycles. The lowest BCUT2D eigenvalue weighted by atomic mass is 9.90. The van der Waals surface area contributed by atoms with Gasteiger partial charge in [0, 0.05) is 32.3 Å². The summed E-state index contributed by atoms with van der Waals surface area (Å²) >= 11 is 0. The zero-order chi connectivity index (χ0) is 10.7. The van der Waals surface area contributed by atoms with Crippen LogP contribution in [-0.4, -0.2) is 48.5 Å². The lowest BCUT2D eigenvalue weighted by Crippen LogP contribution is -2.49. The van der Waals surface area contributed by atoms with E-state index in [1.165, 1.54) is 12.8 Å². The monoisotopic (exact) mass is 213 g/mol. The van der Waals surface area contributed by atoms with Gasteiger partial charge in [-0.15, -0.1) is 0 Å². The predicted molar refractivity (Wildman–Crippen MR) is 59.8 cm³/mol.